The van der Waals surface area contributed by atoms with E-state index in [1.165, 1.54) is 12.1 Å². The van der Waals surface area contributed by atoms with Crippen molar-refractivity contribution in [3.05, 3.63) is 101 Å². The Morgan fingerprint density at radius 1 is 1.03 bits per heavy atom. The molecule has 0 saturated carbocycles. The van der Waals surface area contributed by atoms with Crippen molar-refractivity contribution in [3.63, 3.8) is 0 Å². The van der Waals surface area contributed by atoms with Crippen molar-refractivity contribution in [1.82, 2.24) is 14.8 Å². The van der Waals surface area contributed by atoms with E-state index in [0.717, 1.165) is 42.2 Å². The van der Waals surface area contributed by atoms with Crippen LogP contribution in [-0.2, 0) is 6.54 Å². The predicted octanol–water partition coefficient (Wildman–Crippen LogP) is 5.00. The Morgan fingerprint density at radius 2 is 1.81 bits per heavy atom. The van der Waals surface area contributed by atoms with Crippen molar-refractivity contribution in [3.8, 4) is 0 Å². The predicted molar refractivity (Wildman–Crippen MR) is 123 cm³/mol. The summed E-state index contributed by atoms with van der Waals surface area (Å²) in [5.74, 6) is 0.158. The SMILES string of the molecule is O=C(c1ccccn1)N1C[C@@H](c2ccc(F)cc2)[C@@H]2CN(Cc3ccccc3Cl)CC[C@@H]21. The highest BCUT2D eigenvalue weighted by molar-refractivity contribution is 6.31. The van der Waals surface area contributed by atoms with E-state index < -0.39 is 0 Å². The molecule has 3 aromatic rings. The van der Waals surface area contributed by atoms with Crippen LogP contribution in [0.1, 0.15) is 34.0 Å². The van der Waals surface area contributed by atoms with Crippen LogP contribution in [0.4, 0.5) is 4.39 Å². The zero-order chi connectivity index (χ0) is 22.1. The van der Waals surface area contributed by atoms with Gasteiger partial charge in [-0.3, -0.25) is 14.7 Å². The molecule has 1 aromatic heterocycles. The lowest BCUT2D eigenvalue weighted by molar-refractivity contribution is 0.0608. The zero-order valence-corrected chi connectivity index (χ0v) is 18.5. The first-order valence-corrected chi connectivity index (χ1v) is 11.4. The number of likely N-dealkylation sites (tertiary alicyclic amines) is 2. The van der Waals surface area contributed by atoms with Crippen LogP contribution >= 0.6 is 11.6 Å². The Bertz CT molecular complexity index is 1090. The number of benzene rings is 2. The molecular formula is C26H25ClFN3O. The highest BCUT2D eigenvalue weighted by Crippen LogP contribution is 2.42. The highest BCUT2D eigenvalue weighted by atomic mass is 35.5. The van der Waals surface area contributed by atoms with Gasteiger partial charge in [-0.25, -0.2) is 4.39 Å². The summed E-state index contributed by atoms with van der Waals surface area (Å²) >= 11 is 6.40. The van der Waals surface area contributed by atoms with Crippen molar-refractivity contribution in [2.24, 2.45) is 5.92 Å². The summed E-state index contributed by atoms with van der Waals surface area (Å²) in [6.07, 6.45) is 2.55. The largest absolute Gasteiger partial charge is 0.333 e. The number of fused-ring (bicyclic) bond motifs is 1. The first-order valence-electron chi connectivity index (χ1n) is 11.0. The Hall–Kier alpha value is -2.76. The van der Waals surface area contributed by atoms with Gasteiger partial charge >= 0.3 is 0 Å². The molecule has 3 atom stereocenters. The number of aromatic nitrogens is 1. The molecule has 0 N–H and O–H groups in total. The highest BCUT2D eigenvalue weighted by Gasteiger charge is 2.47. The zero-order valence-electron chi connectivity index (χ0n) is 17.7. The summed E-state index contributed by atoms with van der Waals surface area (Å²) in [5, 5.41) is 0.781. The van der Waals surface area contributed by atoms with Crippen LogP contribution in [0.25, 0.3) is 0 Å². The van der Waals surface area contributed by atoms with Crippen LogP contribution in [0.5, 0.6) is 0 Å². The normalized spacial score (nSPS) is 23.2. The summed E-state index contributed by atoms with van der Waals surface area (Å²) in [5.41, 5.74) is 2.67. The molecule has 0 spiro atoms. The lowest BCUT2D eigenvalue weighted by atomic mass is 9.81. The average molecular weight is 450 g/mol. The van der Waals surface area contributed by atoms with Crippen molar-refractivity contribution < 1.29 is 9.18 Å². The number of carbonyl (C=O) groups excluding carboxylic acids is 1. The van der Waals surface area contributed by atoms with Crippen LogP contribution in [0.2, 0.25) is 5.02 Å². The summed E-state index contributed by atoms with van der Waals surface area (Å²) in [6, 6.07) is 20.3. The second kappa shape index (κ2) is 9.00. The molecule has 0 aliphatic carbocycles. The average Bonchev–Trinajstić information content (AvgIpc) is 3.20. The van der Waals surface area contributed by atoms with Gasteiger partial charge in [0.1, 0.15) is 11.5 Å². The molecule has 1 amide bonds. The van der Waals surface area contributed by atoms with E-state index in [2.05, 4.69) is 16.0 Å². The molecule has 0 unspecified atom stereocenters. The third-order valence-electron chi connectivity index (χ3n) is 6.81. The maximum atomic E-state index is 13.6. The van der Waals surface area contributed by atoms with E-state index in [-0.39, 0.29) is 29.6 Å². The topological polar surface area (TPSA) is 36.4 Å². The second-order valence-corrected chi connectivity index (χ2v) is 9.08. The first kappa shape index (κ1) is 21.1. The van der Waals surface area contributed by atoms with E-state index in [1.807, 2.05) is 47.4 Å². The number of amides is 1. The van der Waals surface area contributed by atoms with Crippen LogP contribution in [0.3, 0.4) is 0 Å². The molecule has 164 valence electrons. The molecular weight excluding hydrogens is 425 g/mol. The third kappa shape index (κ3) is 4.15. The van der Waals surface area contributed by atoms with Gasteiger partial charge in [-0.1, -0.05) is 48.0 Å². The maximum absolute atomic E-state index is 13.6. The second-order valence-electron chi connectivity index (χ2n) is 8.68. The van der Waals surface area contributed by atoms with Gasteiger partial charge < -0.3 is 4.90 Å². The molecule has 6 heteroatoms. The van der Waals surface area contributed by atoms with Crippen molar-refractivity contribution in [1.29, 1.82) is 0 Å². The lowest BCUT2D eigenvalue weighted by Crippen LogP contribution is -2.47. The van der Waals surface area contributed by atoms with Gasteiger partial charge in [0.25, 0.3) is 5.91 Å². The van der Waals surface area contributed by atoms with Crippen molar-refractivity contribution >= 4 is 17.5 Å². The summed E-state index contributed by atoms with van der Waals surface area (Å²) < 4.78 is 13.6. The lowest BCUT2D eigenvalue weighted by Gasteiger charge is -2.39. The minimum atomic E-state index is -0.242. The van der Waals surface area contributed by atoms with Gasteiger partial charge in [0.15, 0.2) is 0 Å². The number of carbonyl (C=O) groups is 1. The van der Waals surface area contributed by atoms with Crippen LogP contribution in [0.15, 0.2) is 72.9 Å². The van der Waals surface area contributed by atoms with Crippen LogP contribution < -0.4 is 0 Å². The standard InChI is InChI=1S/C26H25ClFN3O/c27-23-6-2-1-5-19(23)15-30-14-12-25-22(16-30)21(18-8-10-20(28)11-9-18)17-31(25)26(32)24-7-3-4-13-29-24/h1-11,13,21-22,25H,12,14-17H2/t21-,22-,25-/m0/s1. The fraction of sp³-hybridized carbons (Fsp3) is 0.308. The van der Waals surface area contributed by atoms with Gasteiger partial charge in [-0.05, 0) is 47.9 Å². The minimum Gasteiger partial charge on any atom is -0.333 e. The van der Waals surface area contributed by atoms with E-state index in [0.29, 0.717) is 12.2 Å². The van der Waals surface area contributed by atoms with Gasteiger partial charge in [-0.2, -0.15) is 0 Å². The molecule has 2 fully saturated rings. The molecule has 2 saturated heterocycles. The molecule has 5 rings (SSSR count). The molecule has 3 heterocycles. The number of halogens is 2. The molecule has 0 radical (unpaired) electrons. The van der Waals surface area contributed by atoms with Crippen LogP contribution in [-0.4, -0.2) is 46.4 Å². The molecule has 2 aromatic carbocycles. The quantitative estimate of drug-likeness (QED) is 0.562. The number of nitrogens with zero attached hydrogens (tertiary/aromatic N) is 3. The fourth-order valence-electron chi connectivity index (χ4n) is 5.25. The number of rotatable bonds is 4. The number of hydrogen-bond acceptors (Lipinski definition) is 3. The third-order valence-corrected chi connectivity index (χ3v) is 7.18. The minimum absolute atomic E-state index is 0.0234. The van der Waals surface area contributed by atoms with Gasteiger partial charge in [0.05, 0.1) is 0 Å². The first-order chi connectivity index (χ1) is 15.6. The smallest absolute Gasteiger partial charge is 0.272 e. The molecule has 0 bridgehead atoms. The van der Waals surface area contributed by atoms with Gasteiger partial charge in [0.2, 0.25) is 0 Å². The fourth-order valence-corrected chi connectivity index (χ4v) is 5.44. The summed E-state index contributed by atoms with van der Waals surface area (Å²) in [6.45, 7) is 3.17. The van der Waals surface area contributed by atoms with E-state index in [9.17, 15) is 9.18 Å². The van der Waals surface area contributed by atoms with Gasteiger partial charge in [0, 0.05) is 55.3 Å². The molecule has 32 heavy (non-hydrogen) atoms. The monoisotopic (exact) mass is 449 g/mol. The number of hydrogen-bond donors (Lipinski definition) is 0. The Morgan fingerprint density at radius 3 is 2.56 bits per heavy atom. The van der Waals surface area contributed by atoms with Gasteiger partial charge in [-0.15, -0.1) is 0 Å². The van der Waals surface area contributed by atoms with Crippen molar-refractivity contribution in [2.45, 2.75) is 24.9 Å². The number of piperidine rings is 1. The van der Waals surface area contributed by atoms with Crippen molar-refractivity contribution in [2.75, 3.05) is 19.6 Å². The Kier molecular flexibility index (Phi) is 5.94. The number of pyridine rings is 1. The molecule has 2 aliphatic rings. The summed E-state index contributed by atoms with van der Waals surface area (Å²) in [4.78, 5) is 22.0. The Balaban J connectivity index is 1.42. The van der Waals surface area contributed by atoms with Crippen LogP contribution in [0, 0.1) is 11.7 Å². The summed E-state index contributed by atoms with van der Waals surface area (Å²) in [7, 11) is 0. The maximum Gasteiger partial charge on any atom is 0.272 e. The molecule has 2 aliphatic heterocycles. The van der Waals surface area contributed by atoms with E-state index in [4.69, 9.17) is 11.6 Å². The molecule has 4 nitrogen and oxygen atoms in total. The Labute approximate surface area is 192 Å². The van der Waals surface area contributed by atoms with E-state index in [1.54, 1.807) is 12.3 Å². The van der Waals surface area contributed by atoms with E-state index >= 15 is 0 Å².